The van der Waals surface area contributed by atoms with E-state index < -0.39 is 0 Å². The maximum atomic E-state index is 5.93. The fraction of sp³-hybridized carbons (Fsp3) is 0.263. The number of aromatic nitrogens is 3. The number of nitrogens with zero attached hydrogens (tertiary/aromatic N) is 4. The van der Waals surface area contributed by atoms with Gasteiger partial charge < -0.3 is 15.0 Å². The number of ether oxygens (including phenoxy) is 1. The van der Waals surface area contributed by atoms with Crippen LogP contribution in [0.1, 0.15) is 5.56 Å². The van der Waals surface area contributed by atoms with E-state index in [9.17, 15) is 0 Å². The lowest BCUT2D eigenvalue weighted by Gasteiger charge is -2.28. The first-order chi connectivity index (χ1) is 12.8. The Morgan fingerprint density at radius 1 is 1.00 bits per heavy atom. The minimum Gasteiger partial charge on any atom is -0.378 e. The number of pyridine rings is 1. The van der Waals surface area contributed by atoms with E-state index in [4.69, 9.17) is 16.3 Å². The number of anilines is 2. The van der Waals surface area contributed by atoms with E-state index in [0.717, 1.165) is 54.1 Å². The molecule has 6 nitrogen and oxygen atoms in total. The summed E-state index contributed by atoms with van der Waals surface area (Å²) >= 11 is 5.93. The van der Waals surface area contributed by atoms with Crippen molar-refractivity contribution in [2.45, 2.75) is 6.54 Å². The van der Waals surface area contributed by atoms with Gasteiger partial charge in [0.15, 0.2) is 0 Å². The van der Waals surface area contributed by atoms with Crippen molar-refractivity contribution in [2.75, 3.05) is 36.5 Å². The van der Waals surface area contributed by atoms with Crippen molar-refractivity contribution in [1.82, 2.24) is 14.8 Å². The molecule has 1 saturated heterocycles. The maximum Gasteiger partial charge on any atom is 0.126 e. The zero-order valence-corrected chi connectivity index (χ0v) is 15.1. The van der Waals surface area contributed by atoms with Crippen molar-refractivity contribution in [3.05, 3.63) is 65.6 Å². The first-order valence-electron chi connectivity index (χ1n) is 8.60. The van der Waals surface area contributed by atoms with Gasteiger partial charge in [-0.15, -0.1) is 0 Å². The van der Waals surface area contributed by atoms with Gasteiger partial charge in [-0.1, -0.05) is 11.6 Å². The molecule has 0 atom stereocenters. The predicted octanol–water partition coefficient (Wildman–Crippen LogP) is 3.37. The fourth-order valence-electron chi connectivity index (χ4n) is 2.88. The van der Waals surface area contributed by atoms with Crippen LogP contribution in [0.2, 0.25) is 5.02 Å². The van der Waals surface area contributed by atoms with Gasteiger partial charge in [0.25, 0.3) is 0 Å². The Balaban J connectivity index is 1.36. The lowest BCUT2D eigenvalue weighted by molar-refractivity contribution is 0.122. The minimum atomic E-state index is 0.664. The van der Waals surface area contributed by atoms with Gasteiger partial charge in [0.1, 0.15) is 5.82 Å². The molecule has 2 aromatic heterocycles. The third-order valence-corrected chi connectivity index (χ3v) is 4.58. The summed E-state index contributed by atoms with van der Waals surface area (Å²) in [5, 5.41) is 8.45. The van der Waals surface area contributed by atoms with Crippen LogP contribution in [0.3, 0.4) is 0 Å². The largest absolute Gasteiger partial charge is 0.378 e. The molecule has 1 fully saturated rings. The summed E-state index contributed by atoms with van der Waals surface area (Å²) in [5.74, 6) is 0.848. The average Bonchev–Trinajstić information content (AvgIpc) is 3.17. The molecular weight excluding hydrogens is 350 g/mol. The van der Waals surface area contributed by atoms with Crippen LogP contribution in [0.4, 0.5) is 11.5 Å². The van der Waals surface area contributed by atoms with E-state index in [1.165, 1.54) is 0 Å². The zero-order valence-electron chi connectivity index (χ0n) is 14.3. The summed E-state index contributed by atoms with van der Waals surface area (Å²) in [6.07, 6.45) is 5.76. The number of nitrogens with one attached hydrogen (secondary N) is 1. The third kappa shape index (κ3) is 3.98. The SMILES string of the molecule is Clc1ccc(-n2cc(CNc3ccc(N4CCOCC4)cn3)cn2)cc1. The highest BCUT2D eigenvalue weighted by molar-refractivity contribution is 6.30. The molecule has 134 valence electrons. The van der Waals surface area contributed by atoms with Crippen molar-refractivity contribution in [3.63, 3.8) is 0 Å². The second-order valence-electron chi connectivity index (χ2n) is 6.12. The maximum absolute atomic E-state index is 5.93. The highest BCUT2D eigenvalue weighted by Crippen LogP contribution is 2.17. The van der Waals surface area contributed by atoms with Crippen LogP contribution in [0.25, 0.3) is 5.69 Å². The number of hydrogen-bond acceptors (Lipinski definition) is 5. The predicted molar refractivity (Wildman–Crippen MR) is 103 cm³/mol. The second kappa shape index (κ2) is 7.76. The number of morpholine rings is 1. The standard InChI is InChI=1S/C19H20ClN5O/c20-16-1-3-17(4-2-16)25-14-15(12-23-25)11-21-19-6-5-18(13-22-19)24-7-9-26-10-8-24/h1-6,12-14H,7-11H2,(H,21,22). The molecule has 1 N–H and O–H groups in total. The summed E-state index contributed by atoms with van der Waals surface area (Å²) < 4.78 is 7.22. The second-order valence-corrected chi connectivity index (χ2v) is 6.56. The van der Waals surface area contributed by atoms with E-state index in [1.807, 2.05) is 53.6 Å². The van der Waals surface area contributed by atoms with E-state index in [0.29, 0.717) is 6.54 Å². The molecule has 0 bridgehead atoms. The molecule has 3 heterocycles. The normalized spacial score (nSPS) is 14.4. The highest BCUT2D eigenvalue weighted by atomic mass is 35.5. The van der Waals surface area contributed by atoms with E-state index in [-0.39, 0.29) is 0 Å². The van der Waals surface area contributed by atoms with Crippen molar-refractivity contribution in [2.24, 2.45) is 0 Å². The number of rotatable bonds is 5. The van der Waals surface area contributed by atoms with Crippen LogP contribution >= 0.6 is 11.6 Å². The molecule has 0 aliphatic carbocycles. The molecule has 3 aromatic rings. The summed E-state index contributed by atoms with van der Waals surface area (Å²) in [5.41, 5.74) is 3.20. The van der Waals surface area contributed by atoms with Crippen LogP contribution in [0.5, 0.6) is 0 Å². The van der Waals surface area contributed by atoms with Gasteiger partial charge in [0.05, 0.1) is 37.0 Å². The minimum absolute atomic E-state index is 0.664. The molecule has 0 unspecified atom stereocenters. The molecule has 1 aromatic carbocycles. The van der Waals surface area contributed by atoms with Crippen molar-refractivity contribution >= 4 is 23.1 Å². The van der Waals surface area contributed by atoms with Gasteiger partial charge in [-0.05, 0) is 36.4 Å². The molecule has 0 spiro atoms. The van der Waals surface area contributed by atoms with Crippen molar-refractivity contribution in [1.29, 1.82) is 0 Å². The third-order valence-electron chi connectivity index (χ3n) is 4.32. The first kappa shape index (κ1) is 16.9. The van der Waals surface area contributed by atoms with Gasteiger partial charge in [0, 0.05) is 36.4 Å². The van der Waals surface area contributed by atoms with E-state index in [1.54, 1.807) is 0 Å². The van der Waals surface area contributed by atoms with Crippen LogP contribution in [-0.4, -0.2) is 41.1 Å². The topological polar surface area (TPSA) is 55.2 Å². The molecule has 0 radical (unpaired) electrons. The van der Waals surface area contributed by atoms with Crippen molar-refractivity contribution in [3.8, 4) is 5.69 Å². The van der Waals surface area contributed by atoms with E-state index in [2.05, 4.69) is 26.4 Å². The van der Waals surface area contributed by atoms with Crippen LogP contribution in [-0.2, 0) is 11.3 Å². The number of hydrogen-bond donors (Lipinski definition) is 1. The van der Waals surface area contributed by atoms with Gasteiger partial charge >= 0.3 is 0 Å². The molecular formula is C19H20ClN5O. The molecule has 1 aliphatic heterocycles. The van der Waals surface area contributed by atoms with Crippen LogP contribution in [0.15, 0.2) is 55.0 Å². The Kier molecular flexibility index (Phi) is 5.04. The molecule has 7 heteroatoms. The fourth-order valence-corrected chi connectivity index (χ4v) is 3.00. The smallest absolute Gasteiger partial charge is 0.126 e. The van der Waals surface area contributed by atoms with Gasteiger partial charge in [-0.3, -0.25) is 0 Å². The summed E-state index contributed by atoms with van der Waals surface area (Å²) in [4.78, 5) is 6.80. The lowest BCUT2D eigenvalue weighted by atomic mass is 10.3. The Morgan fingerprint density at radius 2 is 1.77 bits per heavy atom. The monoisotopic (exact) mass is 369 g/mol. The number of benzene rings is 1. The Labute approximate surface area is 157 Å². The quantitative estimate of drug-likeness (QED) is 0.747. The Hall–Kier alpha value is -2.57. The Morgan fingerprint density at radius 3 is 2.50 bits per heavy atom. The zero-order chi connectivity index (χ0) is 17.8. The summed E-state index contributed by atoms with van der Waals surface area (Å²) in [6, 6.07) is 11.7. The van der Waals surface area contributed by atoms with Gasteiger partial charge in [0.2, 0.25) is 0 Å². The highest BCUT2D eigenvalue weighted by Gasteiger charge is 2.11. The number of halogens is 1. The van der Waals surface area contributed by atoms with Crippen molar-refractivity contribution < 1.29 is 4.74 Å². The van der Waals surface area contributed by atoms with Gasteiger partial charge in [-0.2, -0.15) is 5.10 Å². The van der Waals surface area contributed by atoms with E-state index >= 15 is 0 Å². The Bertz CT molecular complexity index is 841. The lowest BCUT2D eigenvalue weighted by Crippen LogP contribution is -2.36. The summed E-state index contributed by atoms with van der Waals surface area (Å²) in [6.45, 7) is 4.05. The van der Waals surface area contributed by atoms with Gasteiger partial charge in [-0.25, -0.2) is 9.67 Å². The molecule has 0 saturated carbocycles. The first-order valence-corrected chi connectivity index (χ1v) is 8.98. The molecule has 1 aliphatic rings. The summed E-state index contributed by atoms with van der Waals surface area (Å²) in [7, 11) is 0. The molecule has 26 heavy (non-hydrogen) atoms. The van der Waals surface area contributed by atoms with Crippen LogP contribution < -0.4 is 10.2 Å². The van der Waals surface area contributed by atoms with Crippen LogP contribution in [0, 0.1) is 0 Å². The molecule has 4 rings (SSSR count). The average molecular weight is 370 g/mol. The molecule has 0 amide bonds.